The highest BCUT2D eigenvalue weighted by molar-refractivity contribution is 9.10. The van der Waals surface area contributed by atoms with Crippen molar-refractivity contribution in [2.75, 3.05) is 6.54 Å². The number of carbonyl (C=O) groups is 2. The minimum atomic E-state index is -1.10. The van der Waals surface area contributed by atoms with Crippen molar-refractivity contribution in [1.29, 1.82) is 0 Å². The zero-order valence-electron chi connectivity index (χ0n) is 11.7. The van der Waals surface area contributed by atoms with Crippen molar-refractivity contribution < 1.29 is 14.7 Å². The van der Waals surface area contributed by atoms with Gasteiger partial charge in [0, 0.05) is 11.0 Å². The quantitative estimate of drug-likeness (QED) is 0.868. The van der Waals surface area contributed by atoms with Crippen molar-refractivity contribution in [3.8, 4) is 0 Å². The van der Waals surface area contributed by atoms with E-state index in [-0.39, 0.29) is 5.91 Å². The molecule has 0 saturated carbocycles. The Balaban J connectivity index is 2.39. The molecule has 114 valence electrons. The van der Waals surface area contributed by atoms with Crippen LogP contribution in [0.2, 0.25) is 5.02 Å². The van der Waals surface area contributed by atoms with Gasteiger partial charge in [-0.15, -0.1) is 0 Å². The average molecular weight is 375 g/mol. The van der Waals surface area contributed by atoms with Crippen LogP contribution in [-0.4, -0.2) is 34.0 Å². The molecule has 0 bridgehead atoms. The third kappa shape index (κ3) is 2.94. The maximum atomic E-state index is 12.7. The van der Waals surface area contributed by atoms with E-state index in [9.17, 15) is 14.7 Å². The molecule has 1 N–H and O–H groups in total. The smallest absolute Gasteiger partial charge is 0.329 e. The number of carboxylic acids is 1. The summed E-state index contributed by atoms with van der Waals surface area (Å²) in [6, 6.07) is 5.01. The second kappa shape index (κ2) is 6.36. The molecule has 1 aromatic carbocycles. The van der Waals surface area contributed by atoms with E-state index in [4.69, 9.17) is 11.6 Å². The van der Waals surface area contributed by atoms with E-state index >= 15 is 0 Å². The van der Waals surface area contributed by atoms with Crippen LogP contribution in [0.15, 0.2) is 22.7 Å². The van der Waals surface area contributed by atoms with Crippen molar-refractivity contribution in [3.05, 3.63) is 33.3 Å². The Morgan fingerprint density at radius 1 is 1.48 bits per heavy atom. The third-order valence-electron chi connectivity index (χ3n) is 3.96. The summed E-state index contributed by atoms with van der Waals surface area (Å²) < 4.78 is 0.781. The highest BCUT2D eigenvalue weighted by atomic mass is 79.9. The predicted octanol–water partition coefficient (Wildman–Crippen LogP) is 3.96. The first kappa shape index (κ1) is 16.3. The van der Waals surface area contributed by atoms with Crippen LogP contribution in [0.3, 0.4) is 0 Å². The van der Waals surface area contributed by atoms with Gasteiger partial charge in [0.1, 0.15) is 5.54 Å². The van der Waals surface area contributed by atoms with E-state index in [1.165, 1.54) is 4.90 Å². The molecule has 0 radical (unpaired) electrons. The number of nitrogens with zero attached hydrogens (tertiary/aromatic N) is 1. The Labute approximate surface area is 137 Å². The first-order valence-electron chi connectivity index (χ1n) is 6.93. The molecular formula is C15H17BrClNO3. The molecule has 1 atom stereocenters. The first-order chi connectivity index (χ1) is 9.92. The molecule has 0 spiro atoms. The predicted molar refractivity (Wildman–Crippen MR) is 84.7 cm³/mol. The minimum Gasteiger partial charge on any atom is -0.479 e. The Morgan fingerprint density at radius 3 is 2.76 bits per heavy atom. The lowest BCUT2D eigenvalue weighted by Gasteiger charge is -2.34. The largest absolute Gasteiger partial charge is 0.479 e. The van der Waals surface area contributed by atoms with Crippen molar-refractivity contribution in [2.24, 2.45) is 0 Å². The van der Waals surface area contributed by atoms with E-state index in [1.807, 2.05) is 6.92 Å². The van der Waals surface area contributed by atoms with Gasteiger partial charge < -0.3 is 10.0 Å². The lowest BCUT2D eigenvalue weighted by atomic mass is 9.90. The standard InChI is InChI=1S/C15H17BrClNO3/c1-2-6-15(14(20)21)7-3-8-18(15)13(19)11-5-4-10(16)9-12(11)17/h4-5,9H,2-3,6-8H2,1H3,(H,20,21). The van der Waals surface area contributed by atoms with Crippen LogP contribution in [0.1, 0.15) is 43.0 Å². The molecule has 21 heavy (non-hydrogen) atoms. The van der Waals surface area contributed by atoms with Gasteiger partial charge in [-0.3, -0.25) is 4.79 Å². The SMILES string of the molecule is CCCC1(C(=O)O)CCCN1C(=O)c1ccc(Br)cc1Cl. The molecule has 1 heterocycles. The van der Waals surface area contributed by atoms with Crippen LogP contribution in [0.5, 0.6) is 0 Å². The molecule has 1 aliphatic rings. The lowest BCUT2D eigenvalue weighted by molar-refractivity contribution is -0.148. The lowest BCUT2D eigenvalue weighted by Crippen LogP contribution is -2.53. The fourth-order valence-corrected chi connectivity index (χ4v) is 3.74. The number of hydrogen-bond acceptors (Lipinski definition) is 2. The van der Waals surface area contributed by atoms with Gasteiger partial charge in [-0.1, -0.05) is 40.9 Å². The first-order valence-corrected chi connectivity index (χ1v) is 8.10. The molecule has 1 aliphatic heterocycles. The van der Waals surface area contributed by atoms with Gasteiger partial charge in [0.25, 0.3) is 5.91 Å². The molecule has 4 nitrogen and oxygen atoms in total. The van der Waals surface area contributed by atoms with Crippen LogP contribution in [0.25, 0.3) is 0 Å². The number of aliphatic carboxylic acids is 1. The second-order valence-electron chi connectivity index (χ2n) is 5.27. The van der Waals surface area contributed by atoms with Gasteiger partial charge in [0.05, 0.1) is 10.6 Å². The molecule has 1 unspecified atom stereocenters. The van der Waals surface area contributed by atoms with Gasteiger partial charge in [-0.25, -0.2) is 4.79 Å². The van der Waals surface area contributed by atoms with E-state index in [2.05, 4.69) is 15.9 Å². The van der Waals surface area contributed by atoms with Gasteiger partial charge >= 0.3 is 5.97 Å². The topological polar surface area (TPSA) is 57.6 Å². The van der Waals surface area contributed by atoms with Gasteiger partial charge in [-0.05, 0) is 37.5 Å². The second-order valence-corrected chi connectivity index (χ2v) is 6.59. The molecule has 0 aromatic heterocycles. The average Bonchev–Trinajstić information content (AvgIpc) is 2.83. The monoisotopic (exact) mass is 373 g/mol. The summed E-state index contributed by atoms with van der Waals surface area (Å²) in [5, 5.41) is 9.97. The third-order valence-corrected chi connectivity index (χ3v) is 4.76. The van der Waals surface area contributed by atoms with E-state index in [0.29, 0.717) is 42.8 Å². The Kier molecular flexibility index (Phi) is 4.94. The molecule has 6 heteroatoms. The molecule has 0 aliphatic carbocycles. The summed E-state index contributed by atoms with van der Waals surface area (Å²) in [5.41, 5.74) is -0.745. The highest BCUT2D eigenvalue weighted by Crippen LogP contribution is 2.36. The summed E-state index contributed by atoms with van der Waals surface area (Å²) in [6.45, 7) is 2.38. The number of benzene rings is 1. The zero-order chi connectivity index (χ0) is 15.6. The van der Waals surface area contributed by atoms with Crippen LogP contribution < -0.4 is 0 Å². The van der Waals surface area contributed by atoms with E-state index in [0.717, 1.165) is 4.47 Å². The van der Waals surface area contributed by atoms with Crippen molar-refractivity contribution in [3.63, 3.8) is 0 Å². The van der Waals surface area contributed by atoms with E-state index < -0.39 is 11.5 Å². The molecule has 1 aromatic rings. The Bertz CT molecular complexity index is 578. The summed E-state index contributed by atoms with van der Waals surface area (Å²) in [6.07, 6.45) is 2.37. The molecular weight excluding hydrogens is 358 g/mol. The zero-order valence-corrected chi connectivity index (χ0v) is 14.1. The summed E-state index contributed by atoms with van der Waals surface area (Å²) >= 11 is 9.42. The fraction of sp³-hybridized carbons (Fsp3) is 0.467. The number of likely N-dealkylation sites (tertiary alicyclic amines) is 1. The van der Waals surface area contributed by atoms with Crippen molar-refractivity contribution >= 4 is 39.4 Å². The van der Waals surface area contributed by atoms with Crippen LogP contribution in [0.4, 0.5) is 0 Å². The molecule has 1 fully saturated rings. The van der Waals surface area contributed by atoms with Gasteiger partial charge in [-0.2, -0.15) is 0 Å². The normalized spacial score (nSPS) is 21.6. The maximum absolute atomic E-state index is 12.7. The number of carboxylic acid groups (broad SMARTS) is 1. The Hall–Kier alpha value is -1.07. The number of amides is 1. The summed E-state index contributed by atoms with van der Waals surface area (Å²) in [4.78, 5) is 26.0. The van der Waals surface area contributed by atoms with E-state index in [1.54, 1.807) is 18.2 Å². The molecule has 2 rings (SSSR count). The van der Waals surface area contributed by atoms with Crippen molar-refractivity contribution in [2.45, 2.75) is 38.1 Å². The molecule has 1 saturated heterocycles. The van der Waals surface area contributed by atoms with Gasteiger partial charge in [0.15, 0.2) is 0 Å². The number of halogens is 2. The van der Waals surface area contributed by atoms with Crippen LogP contribution >= 0.6 is 27.5 Å². The number of hydrogen-bond donors (Lipinski definition) is 1. The summed E-state index contributed by atoms with van der Waals surface area (Å²) in [7, 11) is 0. The Morgan fingerprint density at radius 2 is 2.19 bits per heavy atom. The number of rotatable bonds is 4. The van der Waals surface area contributed by atoms with Crippen molar-refractivity contribution in [1.82, 2.24) is 4.90 Å². The summed E-state index contributed by atoms with van der Waals surface area (Å²) in [5.74, 6) is -1.23. The fourth-order valence-electron chi connectivity index (χ4n) is 2.99. The maximum Gasteiger partial charge on any atom is 0.329 e. The minimum absolute atomic E-state index is 0.305. The molecule has 1 amide bonds. The van der Waals surface area contributed by atoms with Gasteiger partial charge in [0.2, 0.25) is 0 Å². The highest BCUT2D eigenvalue weighted by Gasteiger charge is 2.49. The number of carbonyl (C=O) groups excluding carboxylic acids is 1. The van der Waals surface area contributed by atoms with Crippen LogP contribution in [-0.2, 0) is 4.79 Å². The van der Waals surface area contributed by atoms with Crippen LogP contribution in [0, 0.1) is 0 Å².